The Morgan fingerprint density at radius 2 is 2.09 bits per heavy atom. The number of fused-ring (bicyclic) bond motifs is 1. The molecule has 1 fully saturated rings. The van der Waals surface area contributed by atoms with Crippen LogP contribution in [0, 0.1) is 11.7 Å². The van der Waals surface area contributed by atoms with Crippen molar-refractivity contribution in [1.29, 1.82) is 0 Å². The lowest BCUT2D eigenvalue weighted by atomic mass is 9.93. The van der Waals surface area contributed by atoms with Crippen molar-refractivity contribution in [3.8, 4) is 0 Å². The third-order valence-corrected chi connectivity index (χ3v) is 5.68. The summed E-state index contributed by atoms with van der Waals surface area (Å²) in [5, 5.41) is 7.34. The summed E-state index contributed by atoms with van der Waals surface area (Å²) in [6.07, 6.45) is 4.94. The third kappa shape index (κ3) is 4.35. The number of aliphatic imine (C=N–C) groups is 1. The quantitative estimate of drug-likeness (QED) is 0.572. The average molecular weight is 451 g/mol. The van der Waals surface area contributed by atoms with Crippen molar-refractivity contribution in [1.82, 2.24) is 19.2 Å². The van der Waals surface area contributed by atoms with E-state index in [1.807, 2.05) is 33.8 Å². The topological polar surface area (TPSA) is 93.6 Å². The van der Waals surface area contributed by atoms with E-state index in [0.29, 0.717) is 17.0 Å². The normalized spacial score (nSPS) is 14.5. The first kappa shape index (κ1) is 22.6. The van der Waals surface area contributed by atoms with Crippen LogP contribution in [-0.2, 0) is 16.8 Å². The number of carbonyl (C=O) groups is 1. The van der Waals surface area contributed by atoms with Gasteiger partial charge in [0.25, 0.3) is 5.56 Å². The highest BCUT2D eigenvalue weighted by atomic mass is 19.1. The third-order valence-electron chi connectivity index (χ3n) is 5.68. The summed E-state index contributed by atoms with van der Waals surface area (Å²) in [5.74, 6) is -0.108. The molecular weight excluding hydrogens is 423 g/mol. The van der Waals surface area contributed by atoms with Crippen molar-refractivity contribution in [2.75, 3.05) is 5.32 Å². The zero-order valence-corrected chi connectivity index (χ0v) is 19.2. The molecule has 0 unspecified atom stereocenters. The molecule has 172 valence electrons. The van der Waals surface area contributed by atoms with Crippen molar-refractivity contribution in [2.45, 2.75) is 52.5 Å². The summed E-state index contributed by atoms with van der Waals surface area (Å²) in [4.78, 5) is 34.6. The Morgan fingerprint density at radius 1 is 1.36 bits per heavy atom. The molecule has 3 aromatic heterocycles. The number of nitrogens with one attached hydrogen (secondary N) is 1. The van der Waals surface area contributed by atoms with E-state index in [1.165, 1.54) is 16.7 Å². The van der Waals surface area contributed by atoms with Gasteiger partial charge in [0.2, 0.25) is 5.91 Å². The molecule has 1 amide bonds. The van der Waals surface area contributed by atoms with E-state index in [9.17, 15) is 14.0 Å². The zero-order chi connectivity index (χ0) is 23.9. The standard InChI is InChI=1S/C24H27FN6O2/c1-6-16(14-7-8-14)21-22(26-5)31-20(11-17(29-31)24(2,3)4)30(23(21)33)13-19(32)28-18-10-9-15(25)12-27-18/h6,9-12,14H,5,7-8,13H2,1-4H3,(H,27,28,32)/b16-6-. The molecule has 1 N–H and O–H groups in total. The van der Waals surface area contributed by atoms with Crippen molar-refractivity contribution in [2.24, 2.45) is 10.9 Å². The summed E-state index contributed by atoms with van der Waals surface area (Å²) in [6, 6.07) is 4.37. The molecule has 1 saturated carbocycles. The molecule has 0 spiro atoms. The second-order valence-corrected chi connectivity index (χ2v) is 9.23. The number of hydrogen-bond acceptors (Lipinski definition) is 5. The first-order valence-electron chi connectivity index (χ1n) is 10.9. The molecule has 3 heterocycles. The molecule has 0 bridgehead atoms. The molecule has 0 atom stereocenters. The number of aromatic nitrogens is 4. The number of hydrogen-bond donors (Lipinski definition) is 1. The van der Waals surface area contributed by atoms with Gasteiger partial charge in [0.1, 0.15) is 23.8 Å². The van der Waals surface area contributed by atoms with Crippen LogP contribution >= 0.6 is 0 Å². The van der Waals surface area contributed by atoms with Gasteiger partial charge in [0, 0.05) is 11.5 Å². The fraction of sp³-hybridized carbons (Fsp3) is 0.375. The Bertz CT molecular complexity index is 1320. The van der Waals surface area contributed by atoms with Gasteiger partial charge in [-0.3, -0.25) is 14.2 Å². The Morgan fingerprint density at radius 3 is 2.64 bits per heavy atom. The molecule has 1 aliphatic carbocycles. The largest absolute Gasteiger partial charge is 0.309 e. The van der Waals surface area contributed by atoms with Gasteiger partial charge in [-0.2, -0.15) is 9.61 Å². The summed E-state index contributed by atoms with van der Waals surface area (Å²) in [7, 11) is 0. The summed E-state index contributed by atoms with van der Waals surface area (Å²) in [5.41, 5.74) is 1.90. The fourth-order valence-electron chi connectivity index (χ4n) is 3.83. The number of nitrogens with zero attached hydrogens (tertiary/aromatic N) is 5. The van der Waals surface area contributed by atoms with Crippen LogP contribution < -0.4 is 10.9 Å². The van der Waals surface area contributed by atoms with Crippen molar-refractivity contribution in [3.05, 3.63) is 57.9 Å². The number of carbonyl (C=O) groups excluding carboxylic acids is 1. The fourth-order valence-corrected chi connectivity index (χ4v) is 3.83. The highest BCUT2D eigenvalue weighted by molar-refractivity contribution is 5.90. The van der Waals surface area contributed by atoms with Crippen LogP contribution in [0.4, 0.5) is 16.0 Å². The maximum atomic E-state index is 13.7. The number of halogens is 1. The monoisotopic (exact) mass is 450 g/mol. The van der Waals surface area contributed by atoms with Crippen LogP contribution in [0.3, 0.4) is 0 Å². The molecule has 3 aromatic rings. The van der Waals surface area contributed by atoms with Gasteiger partial charge in [-0.15, -0.1) is 0 Å². The van der Waals surface area contributed by atoms with E-state index in [2.05, 4.69) is 22.0 Å². The van der Waals surface area contributed by atoms with Gasteiger partial charge in [-0.25, -0.2) is 14.4 Å². The maximum absolute atomic E-state index is 13.7. The van der Waals surface area contributed by atoms with Gasteiger partial charge in [0.15, 0.2) is 5.82 Å². The first-order valence-corrected chi connectivity index (χ1v) is 10.9. The molecule has 8 nitrogen and oxygen atoms in total. The van der Waals surface area contributed by atoms with Crippen LogP contribution in [0.15, 0.2) is 40.3 Å². The second kappa shape index (κ2) is 8.38. The predicted octanol–water partition coefficient (Wildman–Crippen LogP) is 4.11. The average Bonchev–Trinajstić information content (AvgIpc) is 3.49. The maximum Gasteiger partial charge on any atom is 0.264 e. The van der Waals surface area contributed by atoms with Crippen LogP contribution in [0.1, 0.15) is 51.8 Å². The minimum absolute atomic E-state index is 0.200. The number of amides is 1. The van der Waals surface area contributed by atoms with E-state index >= 15 is 0 Å². The van der Waals surface area contributed by atoms with Crippen molar-refractivity contribution in [3.63, 3.8) is 0 Å². The number of rotatable bonds is 6. The Hall–Kier alpha value is -3.62. The summed E-state index contributed by atoms with van der Waals surface area (Å²) in [6.45, 7) is 11.4. The SMILES string of the molecule is C=Nc1c(/C(=C\C)C2CC2)c(=O)n(CC(=O)Nc2ccc(F)cn2)c2cc(C(C)(C)C)nn12. The van der Waals surface area contributed by atoms with Gasteiger partial charge in [-0.05, 0) is 50.1 Å². The summed E-state index contributed by atoms with van der Waals surface area (Å²) >= 11 is 0. The minimum atomic E-state index is -0.504. The number of allylic oxidation sites excluding steroid dienone is 2. The van der Waals surface area contributed by atoms with Crippen LogP contribution in [-0.4, -0.2) is 31.8 Å². The molecule has 0 radical (unpaired) electrons. The predicted molar refractivity (Wildman–Crippen MR) is 127 cm³/mol. The lowest BCUT2D eigenvalue weighted by molar-refractivity contribution is -0.116. The Kier molecular flexibility index (Phi) is 5.73. The molecular formula is C24H27FN6O2. The van der Waals surface area contributed by atoms with Gasteiger partial charge in [0.05, 0.1) is 17.5 Å². The number of pyridine rings is 1. The van der Waals surface area contributed by atoms with E-state index in [-0.39, 0.29) is 29.3 Å². The van der Waals surface area contributed by atoms with Gasteiger partial charge >= 0.3 is 0 Å². The lowest BCUT2D eigenvalue weighted by Gasteiger charge is -2.15. The van der Waals surface area contributed by atoms with Crippen LogP contribution in [0.25, 0.3) is 11.2 Å². The van der Waals surface area contributed by atoms with Gasteiger partial charge < -0.3 is 5.32 Å². The highest BCUT2D eigenvalue weighted by Crippen LogP contribution is 2.43. The van der Waals surface area contributed by atoms with E-state index < -0.39 is 11.7 Å². The van der Waals surface area contributed by atoms with E-state index in [0.717, 1.165) is 30.3 Å². The first-order chi connectivity index (χ1) is 15.6. The molecule has 0 saturated heterocycles. The molecule has 4 rings (SSSR count). The molecule has 1 aliphatic rings. The Balaban J connectivity index is 1.87. The smallest absolute Gasteiger partial charge is 0.264 e. The molecule has 0 aliphatic heterocycles. The van der Waals surface area contributed by atoms with Crippen LogP contribution in [0.5, 0.6) is 0 Å². The minimum Gasteiger partial charge on any atom is -0.309 e. The van der Waals surface area contributed by atoms with Crippen LogP contribution in [0.2, 0.25) is 0 Å². The van der Waals surface area contributed by atoms with Crippen molar-refractivity contribution < 1.29 is 9.18 Å². The lowest BCUT2D eigenvalue weighted by Crippen LogP contribution is -2.31. The summed E-state index contributed by atoms with van der Waals surface area (Å²) < 4.78 is 16.1. The zero-order valence-electron chi connectivity index (χ0n) is 19.2. The molecule has 33 heavy (non-hydrogen) atoms. The van der Waals surface area contributed by atoms with Crippen molar-refractivity contribution >= 4 is 35.5 Å². The van der Waals surface area contributed by atoms with Gasteiger partial charge in [-0.1, -0.05) is 26.8 Å². The van der Waals surface area contributed by atoms with E-state index in [4.69, 9.17) is 5.10 Å². The molecule has 0 aromatic carbocycles. The van der Waals surface area contributed by atoms with E-state index in [1.54, 1.807) is 10.6 Å². The highest BCUT2D eigenvalue weighted by Gasteiger charge is 2.32. The Labute approximate surface area is 190 Å². The molecule has 9 heteroatoms. The number of anilines is 1. The second-order valence-electron chi connectivity index (χ2n) is 9.23.